The molecule has 5 rings (SSSR count). The van der Waals surface area contributed by atoms with Gasteiger partial charge in [-0.3, -0.25) is 9.47 Å². The summed E-state index contributed by atoms with van der Waals surface area (Å²) in [6, 6.07) is 4.89. The molecule has 4 heterocycles. The van der Waals surface area contributed by atoms with Gasteiger partial charge in [-0.1, -0.05) is 11.6 Å². The Labute approximate surface area is 145 Å². The van der Waals surface area contributed by atoms with E-state index in [-0.39, 0.29) is 6.04 Å². The summed E-state index contributed by atoms with van der Waals surface area (Å²) in [6.07, 6.45) is 13.4. The molecule has 0 unspecified atom stereocenters. The van der Waals surface area contributed by atoms with Gasteiger partial charge < -0.3 is 4.52 Å². The van der Waals surface area contributed by atoms with Gasteiger partial charge in [0.2, 0.25) is 11.7 Å². The molecule has 2 aliphatic rings. The molecule has 0 bridgehead atoms. The lowest BCUT2D eigenvalue weighted by molar-refractivity contribution is 0.0966. The monoisotopic (exact) mass is 336 g/mol. The van der Waals surface area contributed by atoms with E-state index in [2.05, 4.69) is 25.0 Å². The van der Waals surface area contributed by atoms with Crippen LogP contribution < -0.4 is 0 Å². The first-order chi connectivity index (χ1) is 12.4. The van der Waals surface area contributed by atoms with Crippen molar-refractivity contribution in [2.75, 3.05) is 6.54 Å². The van der Waals surface area contributed by atoms with Crippen LogP contribution in [0, 0.1) is 0 Å². The number of imidazole rings is 1. The van der Waals surface area contributed by atoms with E-state index in [0.29, 0.717) is 11.9 Å². The predicted molar refractivity (Wildman–Crippen MR) is 91.0 cm³/mol. The lowest BCUT2D eigenvalue weighted by Gasteiger charge is -2.37. The fourth-order valence-corrected chi connectivity index (χ4v) is 3.76. The second-order valence-electron chi connectivity index (χ2n) is 6.81. The fraction of sp³-hybridized carbons (Fsp3) is 0.444. The van der Waals surface area contributed by atoms with Crippen LogP contribution in [0.15, 0.2) is 41.6 Å². The van der Waals surface area contributed by atoms with Gasteiger partial charge in [-0.15, -0.1) is 0 Å². The summed E-state index contributed by atoms with van der Waals surface area (Å²) in [5, 5.41) is 4.19. The molecule has 0 N–H and O–H groups in total. The molecule has 3 aromatic rings. The number of pyridine rings is 1. The lowest BCUT2D eigenvalue weighted by atomic mass is 9.91. The largest absolute Gasteiger partial charge is 0.337 e. The number of hydrogen-bond donors (Lipinski definition) is 0. The third-order valence-electron chi connectivity index (χ3n) is 5.34. The minimum Gasteiger partial charge on any atom is -0.337 e. The molecule has 1 aliphatic heterocycles. The Morgan fingerprint density at radius 2 is 2.08 bits per heavy atom. The van der Waals surface area contributed by atoms with Crippen LogP contribution in [0.25, 0.3) is 17.2 Å². The van der Waals surface area contributed by atoms with Gasteiger partial charge in [0.1, 0.15) is 12.1 Å². The van der Waals surface area contributed by atoms with E-state index in [9.17, 15) is 0 Å². The summed E-state index contributed by atoms with van der Waals surface area (Å²) in [5.41, 5.74) is 0.868. The van der Waals surface area contributed by atoms with Crippen LogP contribution >= 0.6 is 0 Å². The molecule has 7 nitrogen and oxygen atoms in total. The van der Waals surface area contributed by atoms with Crippen LogP contribution in [0.1, 0.15) is 44.0 Å². The highest BCUT2D eigenvalue weighted by Gasteiger charge is 2.37. The van der Waals surface area contributed by atoms with Crippen molar-refractivity contribution in [2.45, 2.75) is 44.2 Å². The molecule has 1 saturated carbocycles. The van der Waals surface area contributed by atoms with Crippen molar-refractivity contribution in [3.8, 4) is 17.2 Å². The van der Waals surface area contributed by atoms with Crippen molar-refractivity contribution in [1.82, 2.24) is 29.6 Å². The van der Waals surface area contributed by atoms with Gasteiger partial charge in [0.05, 0.1) is 6.04 Å². The SMILES string of the molecule is c1cn(-c2ccc(-c3noc([C@H]4CCCN4C4CCC4)n3)cn2)cn1. The molecular weight excluding hydrogens is 316 g/mol. The van der Waals surface area contributed by atoms with Crippen LogP contribution in [-0.4, -0.2) is 42.2 Å². The molecule has 1 aliphatic carbocycles. The third-order valence-corrected chi connectivity index (χ3v) is 5.34. The molecule has 0 spiro atoms. The Morgan fingerprint density at radius 3 is 2.80 bits per heavy atom. The van der Waals surface area contributed by atoms with Crippen molar-refractivity contribution < 1.29 is 4.52 Å². The molecule has 0 radical (unpaired) electrons. The Hall–Kier alpha value is -2.54. The third kappa shape index (κ3) is 2.64. The molecule has 1 atom stereocenters. The fourth-order valence-electron chi connectivity index (χ4n) is 3.76. The van der Waals surface area contributed by atoms with Gasteiger partial charge in [0.15, 0.2) is 0 Å². The van der Waals surface area contributed by atoms with Gasteiger partial charge in [-0.05, 0) is 44.4 Å². The second-order valence-corrected chi connectivity index (χ2v) is 6.81. The molecular formula is C18H20N6O. The maximum Gasteiger partial charge on any atom is 0.244 e. The number of likely N-dealkylation sites (tertiary alicyclic amines) is 1. The first-order valence-corrected chi connectivity index (χ1v) is 8.92. The van der Waals surface area contributed by atoms with Crippen LogP contribution in [-0.2, 0) is 0 Å². The van der Waals surface area contributed by atoms with Crippen LogP contribution in [0.3, 0.4) is 0 Å². The molecule has 1 saturated heterocycles. The van der Waals surface area contributed by atoms with Crippen molar-refractivity contribution in [3.05, 3.63) is 42.9 Å². The van der Waals surface area contributed by atoms with E-state index < -0.39 is 0 Å². The van der Waals surface area contributed by atoms with Gasteiger partial charge in [0, 0.05) is 30.2 Å². The number of rotatable bonds is 4. The lowest BCUT2D eigenvalue weighted by Crippen LogP contribution is -2.39. The number of aromatic nitrogens is 5. The van der Waals surface area contributed by atoms with E-state index >= 15 is 0 Å². The van der Waals surface area contributed by atoms with E-state index in [1.807, 2.05) is 22.9 Å². The molecule has 0 aromatic carbocycles. The van der Waals surface area contributed by atoms with E-state index in [0.717, 1.165) is 30.2 Å². The zero-order chi connectivity index (χ0) is 16.6. The maximum atomic E-state index is 5.61. The Bertz CT molecular complexity index is 837. The topological polar surface area (TPSA) is 72.9 Å². The van der Waals surface area contributed by atoms with Crippen molar-refractivity contribution >= 4 is 0 Å². The van der Waals surface area contributed by atoms with Gasteiger partial charge in [-0.25, -0.2) is 9.97 Å². The minimum atomic E-state index is 0.282. The van der Waals surface area contributed by atoms with Gasteiger partial charge in [-0.2, -0.15) is 4.98 Å². The average molecular weight is 336 g/mol. The highest BCUT2D eigenvalue weighted by molar-refractivity contribution is 5.53. The van der Waals surface area contributed by atoms with Crippen molar-refractivity contribution in [1.29, 1.82) is 0 Å². The second kappa shape index (κ2) is 6.07. The van der Waals surface area contributed by atoms with E-state index in [1.165, 1.54) is 25.7 Å². The van der Waals surface area contributed by atoms with Crippen LogP contribution in [0.5, 0.6) is 0 Å². The molecule has 25 heavy (non-hydrogen) atoms. The Balaban J connectivity index is 1.37. The smallest absolute Gasteiger partial charge is 0.244 e. The summed E-state index contributed by atoms with van der Waals surface area (Å²) < 4.78 is 7.47. The zero-order valence-corrected chi connectivity index (χ0v) is 14.0. The molecule has 7 heteroatoms. The van der Waals surface area contributed by atoms with Crippen LogP contribution in [0.4, 0.5) is 0 Å². The molecule has 0 amide bonds. The summed E-state index contributed by atoms with van der Waals surface area (Å²) in [5.74, 6) is 2.18. The summed E-state index contributed by atoms with van der Waals surface area (Å²) >= 11 is 0. The molecule has 3 aromatic heterocycles. The Kier molecular flexibility index (Phi) is 3.59. The molecule has 128 valence electrons. The molecule has 2 fully saturated rings. The number of hydrogen-bond acceptors (Lipinski definition) is 6. The summed E-state index contributed by atoms with van der Waals surface area (Å²) in [4.78, 5) is 15.7. The highest BCUT2D eigenvalue weighted by atomic mass is 16.5. The maximum absolute atomic E-state index is 5.61. The van der Waals surface area contributed by atoms with E-state index in [1.54, 1.807) is 18.7 Å². The minimum absolute atomic E-state index is 0.282. The van der Waals surface area contributed by atoms with Gasteiger partial charge in [0.25, 0.3) is 0 Å². The Morgan fingerprint density at radius 1 is 1.12 bits per heavy atom. The van der Waals surface area contributed by atoms with Gasteiger partial charge >= 0.3 is 0 Å². The summed E-state index contributed by atoms with van der Waals surface area (Å²) in [7, 11) is 0. The highest BCUT2D eigenvalue weighted by Crippen LogP contribution is 2.38. The summed E-state index contributed by atoms with van der Waals surface area (Å²) in [6.45, 7) is 1.15. The predicted octanol–water partition coefficient (Wildman–Crippen LogP) is 3.01. The average Bonchev–Trinajstić information content (AvgIpc) is 3.34. The standard InChI is InChI=1S/C18H20N6O/c1-3-14(4-1)24-9-2-5-15(24)18-21-17(22-25-18)13-6-7-16(20-11-13)23-10-8-19-12-23/h6-8,10-12,14-15H,1-5,9H2/t15-/m1/s1. The van der Waals surface area contributed by atoms with Crippen molar-refractivity contribution in [3.63, 3.8) is 0 Å². The zero-order valence-electron chi connectivity index (χ0n) is 14.0. The first kappa shape index (κ1) is 14.8. The van der Waals surface area contributed by atoms with Crippen LogP contribution in [0.2, 0.25) is 0 Å². The van der Waals surface area contributed by atoms with E-state index in [4.69, 9.17) is 4.52 Å². The normalized spacial score (nSPS) is 21.5. The first-order valence-electron chi connectivity index (χ1n) is 8.92. The quantitative estimate of drug-likeness (QED) is 0.729. The van der Waals surface area contributed by atoms with Crippen molar-refractivity contribution in [2.24, 2.45) is 0 Å². The number of nitrogens with zero attached hydrogens (tertiary/aromatic N) is 6.